The second-order valence-electron chi connectivity index (χ2n) is 4.53. The molecule has 1 aromatic rings. The highest BCUT2D eigenvalue weighted by atomic mass is 16.7. The molecule has 1 aromatic heterocycles. The molecule has 1 aliphatic rings. The molecule has 1 amide bonds. The number of rotatable bonds is 4. The van der Waals surface area contributed by atoms with Crippen molar-refractivity contribution < 1.29 is 19.2 Å². The van der Waals surface area contributed by atoms with E-state index in [4.69, 9.17) is 9.25 Å². The summed E-state index contributed by atoms with van der Waals surface area (Å²) in [4.78, 5) is 18.6. The van der Waals surface area contributed by atoms with Gasteiger partial charge >= 0.3 is 0 Å². The molecule has 2 heterocycles. The summed E-state index contributed by atoms with van der Waals surface area (Å²) in [7, 11) is 1.71. The zero-order valence-electron chi connectivity index (χ0n) is 10.6. The van der Waals surface area contributed by atoms with Crippen molar-refractivity contribution >= 4 is 5.91 Å². The molecule has 0 aromatic carbocycles. The molecule has 18 heavy (non-hydrogen) atoms. The number of carbonyl (C=O) groups is 1. The highest BCUT2D eigenvalue weighted by Crippen LogP contribution is 2.10. The van der Waals surface area contributed by atoms with Crippen LogP contribution in [0.1, 0.15) is 11.5 Å². The third kappa shape index (κ3) is 3.32. The van der Waals surface area contributed by atoms with Gasteiger partial charge in [0.2, 0.25) is 5.91 Å². The average Bonchev–Trinajstić information content (AvgIpc) is 2.88. The number of carbonyl (C=O) groups excluding carboxylic acids is 1. The lowest BCUT2D eigenvalue weighted by molar-refractivity contribution is -0.150. The predicted octanol–water partition coefficient (Wildman–Crippen LogP) is 0.155. The number of hydrogen-bond acceptors (Lipinski definition) is 5. The van der Waals surface area contributed by atoms with Gasteiger partial charge in [-0.25, -0.2) is 0 Å². The fourth-order valence-electron chi connectivity index (χ4n) is 1.81. The largest absolute Gasteiger partial charge is 0.464 e. The van der Waals surface area contributed by atoms with E-state index in [1.165, 1.54) is 5.06 Å². The smallest absolute Gasteiger partial charge is 0.239 e. The van der Waals surface area contributed by atoms with Crippen LogP contribution >= 0.6 is 0 Å². The SMILES string of the molecule is Cc1ccc(CN(C)C(=O)CN2C[C@H](O)CO2)o1. The van der Waals surface area contributed by atoms with Gasteiger partial charge in [-0.05, 0) is 19.1 Å². The van der Waals surface area contributed by atoms with E-state index in [2.05, 4.69) is 0 Å². The second-order valence-corrected chi connectivity index (χ2v) is 4.53. The number of aliphatic hydroxyl groups is 1. The number of hydroxylamine groups is 2. The minimum absolute atomic E-state index is 0.0712. The summed E-state index contributed by atoms with van der Waals surface area (Å²) in [5.74, 6) is 1.51. The maximum atomic E-state index is 11.9. The first-order chi connectivity index (χ1) is 8.54. The van der Waals surface area contributed by atoms with Crippen LogP contribution < -0.4 is 0 Å². The van der Waals surface area contributed by atoms with E-state index in [-0.39, 0.29) is 19.1 Å². The number of hydrogen-bond donors (Lipinski definition) is 1. The third-order valence-corrected chi connectivity index (χ3v) is 2.79. The number of furan rings is 1. The first kappa shape index (κ1) is 13.1. The standard InChI is InChI=1S/C12H18N2O4/c1-9-3-4-11(18-9)6-13(2)12(16)7-14-5-10(15)8-17-14/h3-4,10,15H,5-8H2,1-2H3/t10-/m0/s1. The van der Waals surface area contributed by atoms with Gasteiger partial charge in [-0.2, -0.15) is 5.06 Å². The molecule has 1 fully saturated rings. The predicted molar refractivity (Wildman–Crippen MR) is 63.5 cm³/mol. The van der Waals surface area contributed by atoms with Crippen molar-refractivity contribution in [3.05, 3.63) is 23.7 Å². The maximum absolute atomic E-state index is 11.9. The van der Waals surface area contributed by atoms with Crippen LogP contribution in [0.5, 0.6) is 0 Å². The molecule has 0 saturated carbocycles. The fraction of sp³-hybridized carbons (Fsp3) is 0.583. The minimum atomic E-state index is -0.504. The molecular formula is C12H18N2O4. The quantitative estimate of drug-likeness (QED) is 0.828. The molecule has 0 radical (unpaired) electrons. The van der Waals surface area contributed by atoms with E-state index in [1.807, 2.05) is 19.1 Å². The Kier molecular flexibility index (Phi) is 4.00. The van der Waals surface area contributed by atoms with E-state index in [9.17, 15) is 9.90 Å². The third-order valence-electron chi connectivity index (χ3n) is 2.79. The molecule has 6 nitrogen and oxygen atoms in total. The first-order valence-electron chi connectivity index (χ1n) is 5.90. The van der Waals surface area contributed by atoms with E-state index < -0.39 is 6.10 Å². The van der Waals surface area contributed by atoms with E-state index in [0.717, 1.165) is 11.5 Å². The van der Waals surface area contributed by atoms with Crippen LogP contribution in [-0.2, 0) is 16.2 Å². The monoisotopic (exact) mass is 254 g/mol. The van der Waals surface area contributed by atoms with Gasteiger partial charge in [0.15, 0.2) is 0 Å². The molecular weight excluding hydrogens is 236 g/mol. The van der Waals surface area contributed by atoms with Crippen LogP contribution in [0, 0.1) is 6.92 Å². The van der Waals surface area contributed by atoms with Gasteiger partial charge in [-0.1, -0.05) is 0 Å². The van der Waals surface area contributed by atoms with E-state index in [1.54, 1.807) is 11.9 Å². The zero-order chi connectivity index (χ0) is 13.1. The van der Waals surface area contributed by atoms with Crippen molar-refractivity contribution in [2.45, 2.75) is 19.6 Å². The lowest BCUT2D eigenvalue weighted by Gasteiger charge is -2.19. The van der Waals surface area contributed by atoms with Gasteiger partial charge in [-0.15, -0.1) is 0 Å². The highest BCUT2D eigenvalue weighted by molar-refractivity contribution is 5.77. The summed E-state index contributed by atoms with van der Waals surface area (Å²) in [5, 5.41) is 10.8. The molecule has 0 bridgehead atoms. The number of amides is 1. The van der Waals surface area contributed by atoms with Crippen LogP contribution in [0.25, 0.3) is 0 Å². The first-order valence-corrected chi connectivity index (χ1v) is 5.90. The molecule has 0 spiro atoms. The van der Waals surface area contributed by atoms with Crippen molar-refractivity contribution in [2.24, 2.45) is 0 Å². The van der Waals surface area contributed by atoms with E-state index >= 15 is 0 Å². The number of nitrogens with zero attached hydrogens (tertiary/aromatic N) is 2. The Morgan fingerprint density at radius 1 is 1.61 bits per heavy atom. The molecule has 1 aliphatic heterocycles. The lowest BCUT2D eigenvalue weighted by atomic mass is 10.3. The number of likely N-dealkylation sites (N-methyl/N-ethyl adjacent to an activating group) is 1. The van der Waals surface area contributed by atoms with Crippen LogP contribution in [0.4, 0.5) is 0 Å². The van der Waals surface area contributed by atoms with Crippen molar-refractivity contribution in [2.75, 3.05) is 26.7 Å². The topological polar surface area (TPSA) is 66.2 Å². The number of β-amino-alcohol motifs (C(OH)–C–C–N with tert-alkyl or cyclic N) is 1. The Balaban J connectivity index is 1.81. The Morgan fingerprint density at radius 2 is 2.39 bits per heavy atom. The van der Waals surface area contributed by atoms with Crippen LogP contribution in [0.15, 0.2) is 16.5 Å². The molecule has 2 rings (SSSR count). The maximum Gasteiger partial charge on any atom is 0.239 e. The average molecular weight is 254 g/mol. The summed E-state index contributed by atoms with van der Waals surface area (Å²) in [6.07, 6.45) is -0.504. The summed E-state index contributed by atoms with van der Waals surface area (Å²) >= 11 is 0. The van der Waals surface area contributed by atoms with Crippen LogP contribution in [-0.4, -0.2) is 53.8 Å². The van der Waals surface area contributed by atoms with Gasteiger partial charge in [-0.3, -0.25) is 9.63 Å². The highest BCUT2D eigenvalue weighted by Gasteiger charge is 2.24. The lowest BCUT2D eigenvalue weighted by Crippen LogP contribution is -2.36. The molecule has 100 valence electrons. The Labute approximate surface area is 106 Å². The summed E-state index contributed by atoms with van der Waals surface area (Å²) < 4.78 is 5.41. The van der Waals surface area contributed by atoms with E-state index in [0.29, 0.717) is 13.1 Å². The molecule has 0 aliphatic carbocycles. The van der Waals surface area contributed by atoms with Gasteiger partial charge in [0, 0.05) is 7.05 Å². The van der Waals surface area contributed by atoms with Gasteiger partial charge in [0.05, 0.1) is 25.8 Å². The van der Waals surface area contributed by atoms with Gasteiger partial charge in [0.1, 0.15) is 18.1 Å². The molecule has 6 heteroatoms. The zero-order valence-corrected chi connectivity index (χ0v) is 10.6. The second kappa shape index (κ2) is 5.51. The summed E-state index contributed by atoms with van der Waals surface area (Å²) in [5.41, 5.74) is 0. The Bertz CT molecular complexity index is 418. The van der Waals surface area contributed by atoms with Crippen LogP contribution in [0.3, 0.4) is 0 Å². The Hall–Kier alpha value is -1.37. The van der Waals surface area contributed by atoms with Crippen LogP contribution in [0.2, 0.25) is 0 Å². The van der Waals surface area contributed by atoms with Crippen molar-refractivity contribution in [1.29, 1.82) is 0 Å². The van der Waals surface area contributed by atoms with Gasteiger partial charge in [0.25, 0.3) is 0 Å². The molecule has 1 N–H and O–H groups in total. The van der Waals surface area contributed by atoms with Crippen molar-refractivity contribution in [3.8, 4) is 0 Å². The summed E-state index contributed by atoms with van der Waals surface area (Å²) in [6, 6.07) is 3.73. The molecule has 0 unspecified atom stereocenters. The molecule has 1 atom stereocenters. The normalized spacial score (nSPS) is 20.3. The van der Waals surface area contributed by atoms with Gasteiger partial charge < -0.3 is 14.4 Å². The summed E-state index contributed by atoms with van der Waals surface area (Å²) in [6.45, 7) is 3.08. The van der Waals surface area contributed by atoms with Crippen molar-refractivity contribution in [3.63, 3.8) is 0 Å². The number of aryl methyl sites for hydroxylation is 1. The fourth-order valence-corrected chi connectivity index (χ4v) is 1.81. The minimum Gasteiger partial charge on any atom is -0.464 e. The molecule has 1 saturated heterocycles. The Morgan fingerprint density at radius 3 is 2.94 bits per heavy atom. The van der Waals surface area contributed by atoms with Crippen molar-refractivity contribution in [1.82, 2.24) is 9.96 Å². The number of aliphatic hydroxyl groups excluding tert-OH is 1.